The monoisotopic (exact) mass is 339 g/mol. The van der Waals surface area contributed by atoms with E-state index in [9.17, 15) is 5.11 Å². The van der Waals surface area contributed by atoms with Gasteiger partial charge in [0, 0.05) is 0 Å². The number of halogens is 2. The van der Waals surface area contributed by atoms with Crippen LogP contribution in [0.3, 0.4) is 0 Å². The van der Waals surface area contributed by atoms with Crippen molar-refractivity contribution in [2.45, 2.75) is 25.5 Å². The zero-order chi connectivity index (χ0) is 13.0. The molecular weight excluding hydrogens is 321 g/mol. The Balaban J connectivity index is 0.00000289. The lowest BCUT2D eigenvalue weighted by atomic mass is 10.00. The molecular formula is C12H19BrClNO3. The predicted octanol–water partition coefficient (Wildman–Crippen LogP) is 2.66. The van der Waals surface area contributed by atoms with Crippen molar-refractivity contribution in [2.75, 3.05) is 14.2 Å². The second kappa shape index (κ2) is 7.84. The highest BCUT2D eigenvalue weighted by Gasteiger charge is 2.19. The van der Waals surface area contributed by atoms with Gasteiger partial charge in [-0.15, -0.1) is 12.4 Å². The van der Waals surface area contributed by atoms with Gasteiger partial charge in [0.05, 0.1) is 26.4 Å². The third-order valence-corrected chi connectivity index (χ3v) is 3.47. The Morgan fingerprint density at radius 1 is 1.28 bits per heavy atom. The predicted molar refractivity (Wildman–Crippen MR) is 77.7 cm³/mol. The first-order chi connectivity index (χ1) is 8.04. The number of aliphatic hydroxyl groups is 1. The molecule has 2 atom stereocenters. The summed E-state index contributed by atoms with van der Waals surface area (Å²) in [5.41, 5.74) is 6.76. The van der Waals surface area contributed by atoms with E-state index in [1.807, 2.05) is 6.92 Å². The van der Waals surface area contributed by atoms with Crippen molar-refractivity contribution in [1.29, 1.82) is 0 Å². The molecule has 0 aliphatic heterocycles. The van der Waals surface area contributed by atoms with Gasteiger partial charge < -0.3 is 20.3 Å². The number of nitrogens with two attached hydrogens (primary N) is 1. The standard InChI is InChI=1S/C12H18BrNO3.ClH/c1-4-8(15)12(14)7-5-9(16-2)11(13)10(6-7)17-3;/h5-6,8,12,15H,4,14H2,1-3H3;1H/t8-,12+;/m1./s1. The van der Waals surface area contributed by atoms with Crippen LogP contribution in [0.4, 0.5) is 0 Å². The summed E-state index contributed by atoms with van der Waals surface area (Å²) in [5, 5.41) is 9.76. The van der Waals surface area contributed by atoms with Crippen LogP contribution < -0.4 is 15.2 Å². The molecule has 0 aliphatic carbocycles. The molecule has 18 heavy (non-hydrogen) atoms. The summed E-state index contributed by atoms with van der Waals surface area (Å²) >= 11 is 3.39. The van der Waals surface area contributed by atoms with Gasteiger partial charge in [-0.1, -0.05) is 6.92 Å². The van der Waals surface area contributed by atoms with Gasteiger partial charge in [0.2, 0.25) is 0 Å². The van der Waals surface area contributed by atoms with E-state index < -0.39 is 12.1 Å². The summed E-state index contributed by atoms with van der Waals surface area (Å²) in [6, 6.07) is 3.16. The number of hydrogen-bond donors (Lipinski definition) is 2. The lowest BCUT2D eigenvalue weighted by Crippen LogP contribution is -2.25. The van der Waals surface area contributed by atoms with Gasteiger partial charge >= 0.3 is 0 Å². The van der Waals surface area contributed by atoms with Crippen molar-refractivity contribution in [3.05, 3.63) is 22.2 Å². The Morgan fingerprint density at radius 2 is 1.72 bits per heavy atom. The van der Waals surface area contributed by atoms with Crippen molar-refractivity contribution in [3.63, 3.8) is 0 Å². The Morgan fingerprint density at radius 3 is 2.06 bits per heavy atom. The maximum Gasteiger partial charge on any atom is 0.137 e. The van der Waals surface area contributed by atoms with Gasteiger partial charge in [0.25, 0.3) is 0 Å². The lowest BCUT2D eigenvalue weighted by molar-refractivity contribution is 0.140. The first-order valence-corrected chi connectivity index (χ1v) is 6.19. The average Bonchev–Trinajstić information content (AvgIpc) is 2.37. The molecule has 0 aromatic heterocycles. The van der Waals surface area contributed by atoms with E-state index >= 15 is 0 Å². The van der Waals surface area contributed by atoms with Crippen LogP contribution in [0, 0.1) is 0 Å². The maximum atomic E-state index is 9.76. The van der Waals surface area contributed by atoms with Crippen LogP contribution >= 0.6 is 28.3 Å². The summed E-state index contributed by atoms with van der Waals surface area (Å²) in [7, 11) is 3.15. The van der Waals surface area contributed by atoms with E-state index in [0.29, 0.717) is 17.9 Å². The SMILES string of the molecule is CC[C@@H](O)[C@@H](N)c1cc(OC)c(Br)c(OC)c1.Cl. The molecule has 3 N–H and O–H groups in total. The molecule has 0 saturated heterocycles. The van der Waals surface area contributed by atoms with E-state index in [1.165, 1.54) is 0 Å². The molecule has 0 radical (unpaired) electrons. The van der Waals surface area contributed by atoms with Crippen molar-refractivity contribution >= 4 is 28.3 Å². The molecule has 0 saturated carbocycles. The number of aliphatic hydroxyl groups excluding tert-OH is 1. The summed E-state index contributed by atoms with van der Waals surface area (Å²) in [6.45, 7) is 1.89. The summed E-state index contributed by atoms with van der Waals surface area (Å²) in [6.07, 6.45) is 0.0209. The Kier molecular flexibility index (Phi) is 7.62. The fourth-order valence-electron chi connectivity index (χ4n) is 1.56. The topological polar surface area (TPSA) is 64.7 Å². The van der Waals surface area contributed by atoms with Crippen molar-refractivity contribution in [2.24, 2.45) is 5.73 Å². The lowest BCUT2D eigenvalue weighted by Gasteiger charge is -2.20. The minimum Gasteiger partial charge on any atom is -0.495 e. The highest BCUT2D eigenvalue weighted by Crippen LogP contribution is 2.37. The average molecular weight is 341 g/mol. The second-order valence-electron chi connectivity index (χ2n) is 3.74. The molecule has 1 aromatic rings. The number of benzene rings is 1. The first-order valence-electron chi connectivity index (χ1n) is 5.40. The van der Waals surface area contributed by atoms with Crippen LogP contribution in [0.15, 0.2) is 16.6 Å². The highest BCUT2D eigenvalue weighted by molar-refractivity contribution is 9.10. The van der Waals surface area contributed by atoms with Crippen molar-refractivity contribution < 1.29 is 14.6 Å². The van der Waals surface area contributed by atoms with E-state index in [1.54, 1.807) is 26.4 Å². The molecule has 0 amide bonds. The van der Waals surface area contributed by atoms with Crippen LogP contribution in [0.2, 0.25) is 0 Å². The molecule has 0 fully saturated rings. The zero-order valence-electron chi connectivity index (χ0n) is 10.6. The number of hydrogen-bond acceptors (Lipinski definition) is 4. The molecule has 1 rings (SSSR count). The zero-order valence-corrected chi connectivity index (χ0v) is 13.0. The van der Waals surface area contributed by atoms with E-state index in [-0.39, 0.29) is 12.4 Å². The molecule has 4 nitrogen and oxygen atoms in total. The third kappa shape index (κ3) is 3.75. The van der Waals surface area contributed by atoms with Crippen LogP contribution in [-0.2, 0) is 0 Å². The van der Waals surface area contributed by atoms with E-state index in [0.717, 1.165) is 10.0 Å². The van der Waals surface area contributed by atoms with Crippen molar-refractivity contribution in [1.82, 2.24) is 0 Å². The quantitative estimate of drug-likeness (QED) is 0.865. The molecule has 0 heterocycles. The largest absolute Gasteiger partial charge is 0.495 e. The molecule has 1 aromatic carbocycles. The number of rotatable bonds is 5. The maximum absolute atomic E-state index is 9.76. The molecule has 6 heteroatoms. The third-order valence-electron chi connectivity index (χ3n) is 2.69. The van der Waals surface area contributed by atoms with Crippen LogP contribution in [-0.4, -0.2) is 25.4 Å². The summed E-state index contributed by atoms with van der Waals surface area (Å²) in [5.74, 6) is 1.27. The van der Waals surface area contributed by atoms with Crippen molar-refractivity contribution in [3.8, 4) is 11.5 Å². The fourth-order valence-corrected chi connectivity index (χ4v) is 2.11. The van der Waals surface area contributed by atoms with Gasteiger partial charge in [0.15, 0.2) is 0 Å². The minimum absolute atomic E-state index is 0. The molecule has 0 unspecified atom stereocenters. The van der Waals surface area contributed by atoms with Crippen LogP contribution in [0.5, 0.6) is 11.5 Å². The normalized spacial score (nSPS) is 13.4. The van der Waals surface area contributed by atoms with Gasteiger partial charge in [-0.2, -0.15) is 0 Å². The van der Waals surface area contributed by atoms with E-state index in [4.69, 9.17) is 15.2 Å². The molecule has 0 aliphatic rings. The highest BCUT2D eigenvalue weighted by atomic mass is 79.9. The Hall–Kier alpha value is -0.490. The Labute approximate surface area is 122 Å². The molecule has 0 bridgehead atoms. The second-order valence-corrected chi connectivity index (χ2v) is 4.53. The fraction of sp³-hybridized carbons (Fsp3) is 0.500. The smallest absolute Gasteiger partial charge is 0.137 e. The Bertz CT molecular complexity index is 365. The molecule has 0 spiro atoms. The van der Waals surface area contributed by atoms with Crippen LogP contribution in [0.25, 0.3) is 0 Å². The van der Waals surface area contributed by atoms with Gasteiger partial charge in [-0.25, -0.2) is 0 Å². The van der Waals surface area contributed by atoms with Gasteiger partial charge in [-0.05, 0) is 40.0 Å². The summed E-state index contributed by atoms with van der Waals surface area (Å²) < 4.78 is 11.2. The minimum atomic E-state index is -0.578. The number of ether oxygens (including phenoxy) is 2. The summed E-state index contributed by atoms with van der Waals surface area (Å²) in [4.78, 5) is 0. The van der Waals surface area contributed by atoms with E-state index in [2.05, 4.69) is 15.9 Å². The first kappa shape index (κ1) is 17.5. The van der Waals surface area contributed by atoms with Gasteiger partial charge in [-0.3, -0.25) is 0 Å². The van der Waals surface area contributed by atoms with Gasteiger partial charge in [0.1, 0.15) is 16.0 Å². The molecule has 104 valence electrons. The van der Waals surface area contributed by atoms with Crippen LogP contribution in [0.1, 0.15) is 24.9 Å². The number of methoxy groups -OCH3 is 2.